The average Bonchev–Trinajstić information content (AvgIpc) is 3.60. The van der Waals surface area contributed by atoms with Gasteiger partial charge in [0.05, 0.1) is 17.6 Å². The Hall–Kier alpha value is -4.91. The minimum Gasteiger partial charge on any atom is -0.383 e. The van der Waals surface area contributed by atoms with Crippen molar-refractivity contribution in [3.05, 3.63) is 96.0 Å². The van der Waals surface area contributed by atoms with Crippen molar-refractivity contribution in [2.45, 2.75) is 57.0 Å². The molecule has 0 radical (unpaired) electrons. The van der Waals surface area contributed by atoms with Crippen molar-refractivity contribution in [2.75, 3.05) is 12.8 Å². The molecular weight excluding hydrogens is 582 g/mol. The van der Waals surface area contributed by atoms with Gasteiger partial charge in [-0.05, 0) is 48.9 Å². The maximum atomic E-state index is 13.6. The van der Waals surface area contributed by atoms with E-state index in [-0.39, 0.29) is 47.2 Å². The summed E-state index contributed by atoms with van der Waals surface area (Å²) in [4.78, 5) is 26.8. The van der Waals surface area contributed by atoms with Crippen LogP contribution in [-0.2, 0) is 0 Å². The van der Waals surface area contributed by atoms with E-state index in [1.807, 2.05) is 53.6 Å². The smallest absolute Gasteiger partial charge is 0.259 e. The number of rotatable bonds is 5. The molecule has 12 nitrogen and oxygen atoms in total. The van der Waals surface area contributed by atoms with E-state index in [0.29, 0.717) is 24.8 Å². The van der Waals surface area contributed by atoms with E-state index < -0.39 is 4.81 Å². The third-order valence-electron chi connectivity index (χ3n) is 9.66. The Bertz CT molecular complexity index is 1830. The van der Waals surface area contributed by atoms with Crippen molar-refractivity contribution >= 4 is 17.5 Å². The van der Waals surface area contributed by atoms with E-state index in [0.717, 1.165) is 46.5 Å². The van der Waals surface area contributed by atoms with Crippen LogP contribution in [-0.4, -0.2) is 69.9 Å². The second kappa shape index (κ2) is 11.5. The number of benzene rings is 1. The van der Waals surface area contributed by atoms with Crippen LogP contribution in [0.25, 0.3) is 28.2 Å². The van der Waals surface area contributed by atoms with Crippen molar-refractivity contribution in [1.82, 2.24) is 29.6 Å². The molecule has 3 aromatic heterocycles. The maximum absolute atomic E-state index is 13.6. The number of fused-ring (bicyclic) bond motifs is 3. The van der Waals surface area contributed by atoms with Crippen LogP contribution >= 0.6 is 0 Å². The van der Waals surface area contributed by atoms with E-state index in [4.69, 9.17) is 16.5 Å². The first kappa shape index (κ1) is 29.8. The zero-order valence-corrected chi connectivity index (χ0v) is 25.9. The van der Waals surface area contributed by atoms with E-state index in [2.05, 4.69) is 28.1 Å². The van der Waals surface area contributed by atoms with Crippen LogP contribution in [0.4, 0.5) is 5.82 Å². The number of nitrogens with two attached hydrogens (primary N) is 2. The lowest BCUT2D eigenvalue weighted by Crippen LogP contribution is -2.48. The molecule has 0 spiro atoms. The summed E-state index contributed by atoms with van der Waals surface area (Å²) in [5.74, 6) is 0.124. The van der Waals surface area contributed by atoms with Gasteiger partial charge in [0.25, 0.3) is 5.91 Å². The van der Waals surface area contributed by atoms with Crippen LogP contribution in [0.1, 0.15) is 61.0 Å². The van der Waals surface area contributed by atoms with Crippen molar-refractivity contribution in [2.24, 2.45) is 11.7 Å². The number of carbonyl (C=O) groups excluding carboxylic acids is 1. The monoisotopic (exact) mass is 620 g/mol. The van der Waals surface area contributed by atoms with E-state index in [9.17, 15) is 15.2 Å². The molecule has 6 N–H and O–H groups in total. The zero-order chi connectivity index (χ0) is 32.2. The highest BCUT2D eigenvalue weighted by Crippen LogP contribution is 2.46. The molecule has 1 aromatic carbocycles. The van der Waals surface area contributed by atoms with Crippen LogP contribution in [0.15, 0.2) is 84.7 Å². The van der Waals surface area contributed by atoms with Gasteiger partial charge in [-0.2, -0.15) is 15.5 Å². The van der Waals surface area contributed by atoms with Gasteiger partial charge in [0, 0.05) is 52.7 Å². The van der Waals surface area contributed by atoms with Gasteiger partial charge in [0.15, 0.2) is 5.82 Å². The fourth-order valence-corrected chi connectivity index (χ4v) is 7.57. The second-order valence-electron chi connectivity index (χ2n) is 12.7. The van der Waals surface area contributed by atoms with Gasteiger partial charge in [0.1, 0.15) is 24.8 Å². The summed E-state index contributed by atoms with van der Waals surface area (Å²) >= 11 is 0. The highest BCUT2D eigenvalue weighted by atomic mass is 16.8. The molecule has 12 heteroatoms. The number of anilines is 1. The summed E-state index contributed by atoms with van der Waals surface area (Å²) in [5, 5.41) is 26.9. The maximum Gasteiger partial charge on any atom is 0.259 e. The SMILES string of the molecule is CC1CC=C(C2CC3CCC(C2)N3C(=O)c2cncnc2N)C([N+](C)(O)O)=C(N)n2ncc(-c3ccc(-c4ccccc4)nc3)c21. The Labute approximate surface area is 266 Å². The lowest BCUT2D eigenvalue weighted by molar-refractivity contribution is -1.20. The summed E-state index contributed by atoms with van der Waals surface area (Å²) in [6, 6.07) is 14.0. The molecule has 0 aliphatic carbocycles. The molecule has 2 saturated heterocycles. The topological polar surface area (TPSA) is 169 Å². The standard InChI is InChI=1S/C34H37N9O3/c1-20-8-12-26(23-14-24-10-11-25(15-23)41(24)34(44)28-17-37-19-39-32(28)35)31(43(2,45)46)33(36)42-30(20)27(18-40-42)22-9-13-29(38-16-22)21-6-4-3-5-7-21/h3-7,9,12-13,16-20,23-25,45-46H,8,10-11,14-15,36H2,1-2H3,(H-,35,37,39,44)/p+1. The predicted octanol–water partition coefficient (Wildman–Crippen LogP) is 4.81. The molecule has 3 atom stereocenters. The molecular formula is C34H38N9O3+. The largest absolute Gasteiger partial charge is 0.383 e. The van der Waals surface area contributed by atoms with Crippen LogP contribution in [0.3, 0.4) is 0 Å². The molecule has 4 aromatic rings. The number of likely N-dealkylation sites (N-methyl/N-ethyl adjacent to an activating group) is 1. The number of hydrogen-bond donors (Lipinski definition) is 4. The highest BCUT2D eigenvalue weighted by Gasteiger charge is 2.48. The second-order valence-corrected chi connectivity index (χ2v) is 12.7. The number of nitrogen functional groups attached to an aromatic ring is 1. The fourth-order valence-electron chi connectivity index (χ4n) is 7.57. The summed E-state index contributed by atoms with van der Waals surface area (Å²) < 4.78 is 1.64. The van der Waals surface area contributed by atoms with Crippen LogP contribution < -0.4 is 11.5 Å². The number of allylic oxidation sites excluding steroid dienone is 2. The molecule has 236 valence electrons. The van der Waals surface area contributed by atoms with Gasteiger partial charge in [0.2, 0.25) is 5.70 Å². The summed E-state index contributed by atoms with van der Waals surface area (Å²) in [5.41, 5.74) is 18.7. The molecule has 6 heterocycles. The van der Waals surface area contributed by atoms with Crippen molar-refractivity contribution in [1.29, 1.82) is 0 Å². The Morgan fingerprint density at radius 2 is 1.70 bits per heavy atom. The Balaban J connectivity index is 1.22. The minimum atomic E-state index is -1.44. The number of aromatic nitrogens is 5. The first-order valence-electron chi connectivity index (χ1n) is 15.6. The summed E-state index contributed by atoms with van der Waals surface area (Å²) in [6.45, 7) is 2.12. The Morgan fingerprint density at radius 3 is 2.35 bits per heavy atom. The average molecular weight is 621 g/mol. The van der Waals surface area contributed by atoms with Crippen molar-refractivity contribution < 1.29 is 20.0 Å². The van der Waals surface area contributed by atoms with Crippen LogP contribution in [0.5, 0.6) is 0 Å². The molecule has 1 amide bonds. The zero-order valence-electron chi connectivity index (χ0n) is 25.9. The number of quaternary nitrogens is 1. The molecule has 3 aliphatic heterocycles. The quantitative estimate of drug-likeness (QED) is 0.181. The van der Waals surface area contributed by atoms with Gasteiger partial charge in [-0.3, -0.25) is 9.78 Å². The molecule has 7 rings (SSSR count). The Morgan fingerprint density at radius 1 is 0.957 bits per heavy atom. The molecule has 46 heavy (non-hydrogen) atoms. The van der Waals surface area contributed by atoms with Crippen LogP contribution in [0, 0.1) is 5.92 Å². The van der Waals surface area contributed by atoms with Gasteiger partial charge in [-0.1, -0.05) is 49.4 Å². The van der Waals surface area contributed by atoms with E-state index in [1.54, 1.807) is 10.9 Å². The third-order valence-corrected chi connectivity index (χ3v) is 9.66. The normalized spacial score (nSPS) is 23.0. The predicted molar refractivity (Wildman–Crippen MR) is 171 cm³/mol. The number of carbonyl (C=O) groups is 1. The number of amides is 1. The van der Waals surface area contributed by atoms with Crippen LogP contribution in [0.2, 0.25) is 0 Å². The van der Waals surface area contributed by atoms with Gasteiger partial charge in [-0.25, -0.2) is 14.6 Å². The third kappa shape index (κ3) is 5.14. The van der Waals surface area contributed by atoms with Gasteiger partial charge >= 0.3 is 0 Å². The lowest BCUT2D eigenvalue weighted by Gasteiger charge is -2.40. The number of hydroxylamine groups is 4. The first-order chi connectivity index (χ1) is 22.1. The number of piperidine rings is 1. The summed E-state index contributed by atoms with van der Waals surface area (Å²) in [7, 11) is 1.28. The highest BCUT2D eigenvalue weighted by molar-refractivity contribution is 5.98. The molecule has 0 saturated carbocycles. The number of pyridine rings is 1. The Kier molecular flexibility index (Phi) is 7.42. The molecule has 2 bridgehead atoms. The summed E-state index contributed by atoms with van der Waals surface area (Å²) in [6.07, 6.45) is 12.2. The van der Waals surface area contributed by atoms with Crippen molar-refractivity contribution in [3.8, 4) is 22.4 Å². The fraction of sp³-hybridized carbons (Fsp3) is 0.324. The number of hydrogen-bond acceptors (Lipinski definition) is 9. The lowest BCUT2D eigenvalue weighted by atomic mass is 9.81. The van der Waals surface area contributed by atoms with Gasteiger partial charge < -0.3 is 16.4 Å². The minimum absolute atomic E-state index is 0.0111. The van der Waals surface area contributed by atoms with Gasteiger partial charge in [-0.15, -0.1) is 0 Å². The first-order valence-corrected chi connectivity index (χ1v) is 15.6. The molecule has 2 fully saturated rings. The van der Waals surface area contributed by atoms with E-state index >= 15 is 0 Å². The molecule has 3 aliphatic rings. The van der Waals surface area contributed by atoms with E-state index in [1.165, 1.54) is 19.6 Å². The molecule has 3 unspecified atom stereocenters. The van der Waals surface area contributed by atoms with Crippen molar-refractivity contribution in [3.63, 3.8) is 0 Å². The number of nitrogens with zero attached hydrogens (tertiary/aromatic N) is 7.